The summed E-state index contributed by atoms with van der Waals surface area (Å²) in [5.74, 6) is -7.01. The van der Waals surface area contributed by atoms with E-state index in [1.165, 1.54) is 0 Å². The van der Waals surface area contributed by atoms with E-state index in [0.29, 0.717) is 0 Å². The Morgan fingerprint density at radius 1 is 0.812 bits per heavy atom. The van der Waals surface area contributed by atoms with Crippen LogP contribution in [0.5, 0.6) is 0 Å². The minimum absolute atomic E-state index is 0.363. The van der Waals surface area contributed by atoms with Gasteiger partial charge in [-0.05, 0) is 20.3 Å². The zero-order valence-electron chi connectivity index (χ0n) is 17.5. The summed E-state index contributed by atoms with van der Waals surface area (Å²) in [5, 5.41) is 43.3. The number of aliphatic hydroxyl groups excluding tert-OH is 2. The monoisotopic (exact) mass is 463 g/mol. The van der Waals surface area contributed by atoms with Crippen LogP contribution < -0.4 is 27.4 Å². The lowest BCUT2D eigenvalue weighted by atomic mass is 10.1. The Labute approximate surface area is 182 Å². The Hall–Kier alpha value is -3.30. The van der Waals surface area contributed by atoms with E-state index in [2.05, 4.69) is 10.6 Å². The van der Waals surface area contributed by atoms with Crippen molar-refractivity contribution in [3.05, 3.63) is 0 Å². The largest absolute Gasteiger partial charge is 0.481 e. The first-order valence-corrected chi connectivity index (χ1v) is 9.43. The third-order valence-electron chi connectivity index (χ3n) is 4.15. The number of hydrogen-bond acceptors (Lipinski definition) is 9. The number of primary amides is 1. The van der Waals surface area contributed by atoms with Gasteiger partial charge in [-0.1, -0.05) is 0 Å². The number of carbonyl (C=O) groups excluding carboxylic acids is 4. The van der Waals surface area contributed by atoms with Crippen molar-refractivity contribution in [2.45, 2.75) is 69.5 Å². The summed E-state index contributed by atoms with van der Waals surface area (Å²) in [6.45, 7) is 2.23. The van der Waals surface area contributed by atoms with Gasteiger partial charge in [0.15, 0.2) is 6.04 Å². The van der Waals surface area contributed by atoms with Gasteiger partial charge in [-0.2, -0.15) is 0 Å². The van der Waals surface area contributed by atoms with Gasteiger partial charge < -0.3 is 47.8 Å². The molecule has 0 aliphatic heterocycles. The molecule has 32 heavy (non-hydrogen) atoms. The maximum Gasteiger partial charge on any atom is 0.328 e. The Kier molecular flexibility index (Phi) is 11.8. The first-order valence-electron chi connectivity index (χ1n) is 9.43. The van der Waals surface area contributed by atoms with Gasteiger partial charge in [-0.25, -0.2) is 4.79 Å². The molecule has 0 aromatic heterocycles. The number of nitrogens with two attached hydrogens (primary N) is 2. The van der Waals surface area contributed by atoms with Crippen LogP contribution in [-0.2, 0) is 28.8 Å². The maximum atomic E-state index is 12.6. The molecule has 0 saturated carbocycles. The van der Waals surface area contributed by atoms with Gasteiger partial charge in [-0.15, -0.1) is 0 Å². The highest BCUT2D eigenvalue weighted by atomic mass is 16.4. The highest BCUT2D eigenvalue weighted by molar-refractivity contribution is 5.95. The first kappa shape index (κ1) is 28.7. The lowest BCUT2D eigenvalue weighted by molar-refractivity contribution is -0.145. The summed E-state index contributed by atoms with van der Waals surface area (Å²) in [4.78, 5) is 70.0. The number of nitrogens with one attached hydrogen (secondary N) is 3. The Balaban J connectivity index is 5.50. The predicted molar refractivity (Wildman–Crippen MR) is 105 cm³/mol. The molecule has 0 aromatic rings. The summed E-state index contributed by atoms with van der Waals surface area (Å²) in [5.41, 5.74) is 10.4. The summed E-state index contributed by atoms with van der Waals surface area (Å²) in [7, 11) is 0. The van der Waals surface area contributed by atoms with Gasteiger partial charge in [0, 0.05) is 6.42 Å². The minimum atomic E-state index is -1.73. The van der Waals surface area contributed by atoms with Crippen molar-refractivity contribution in [1.82, 2.24) is 16.0 Å². The van der Waals surface area contributed by atoms with E-state index in [-0.39, 0.29) is 12.8 Å². The maximum absolute atomic E-state index is 12.6. The quantitative estimate of drug-likeness (QED) is 0.118. The van der Waals surface area contributed by atoms with E-state index in [4.69, 9.17) is 21.7 Å². The fraction of sp³-hybridized carbons (Fsp3) is 0.647. The normalized spacial score (nSPS) is 16.4. The Morgan fingerprint density at radius 2 is 1.31 bits per heavy atom. The highest BCUT2D eigenvalue weighted by Crippen LogP contribution is 2.04. The van der Waals surface area contributed by atoms with Crippen LogP contribution in [0.3, 0.4) is 0 Å². The van der Waals surface area contributed by atoms with Crippen molar-refractivity contribution < 1.29 is 49.2 Å². The zero-order valence-corrected chi connectivity index (χ0v) is 17.5. The second kappa shape index (κ2) is 13.2. The lowest BCUT2D eigenvalue weighted by Gasteiger charge is -2.26. The van der Waals surface area contributed by atoms with Gasteiger partial charge in [0.05, 0.1) is 24.7 Å². The zero-order chi connectivity index (χ0) is 25.2. The van der Waals surface area contributed by atoms with Crippen LogP contribution in [0.2, 0.25) is 0 Å². The number of carboxylic acid groups (broad SMARTS) is 2. The molecule has 182 valence electrons. The molecule has 11 N–H and O–H groups in total. The number of hydrogen-bond donors (Lipinski definition) is 9. The summed E-state index contributed by atoms with van der Waals surface area (Å²) in [6, 6.07) is -6.45. The van der Waals surface area contributed by atoms with E-state index < -0.39 is 78.4 Å². The molecule has 0 rings (SSSR count). The number of carbonyl (C=O) groups is 6. The molecule has 0 bridgehead atoms. The van der Waals surface area contributed by atoms with Crippen molar-refractivity contribution in [3.8, 4) is 0 Å². The van der Waals surface area contributed by atoms with E-state index in [0.717, 1.165) is 13.8 Å². The third kappa shape index (κ3) is 10.1. The van der Waals surface area contributed by atoms with Crippen molar-refractivity contribution >= 4 is 35.6 Å². The van der Waals surface area contributed by atoms with Crippen LogP contribution in [0.25, 0.3) is 0 Å². The van der Waals surface area contributed by atoms with Crippen LogP contribution >= 0.6 is 0 Å². The van der Waals surface area contributed by atoms with Crippen molar-refractivity contribution in [3.63, 3.8) is 0 Å². The molecule has 0 aromatic carbocycles. The first-order chi connectivity index (χ1) is 14.7. The van der Waals surface area contributed by atoms with E-state index >= 15 is 0 Å². The number of amides is 4. The molecule has 0 heterocycles. The predicted octanol–water partition coefficient (Wildman–Crippen LogP) is -4.65. The lowest BCUT2D eigenvalue weighted by Crippen LogP contribution is -2.60. The van der Waals surface area contributed by atoms with E-state index in [9.17, 15) is 39.0 Å². The van der Waals surface area contributed by atoms with Crippen LogP contribution in [0, 0.1) is 0 Å². The Morgan fingerprint density at radius 3 is 1.72 bits per heavy atom. The molecule has 0 aliphatic rings. The average Bonchev–Trinajstić information content (AvgIpc) is 2.65. The van der Waals surface area contributed by atoms with Gasteiger partial charge in [0.1, 0.15) is 12.1 Å². The van der Waals surface area contributed by atoms with Crippen molar-refractivity contribution in [2.24, 2.45) is 11.5 Å². The van der Waals surface area contributed by atoms with E-state index in [1.54, 1.807) is 0 Å². The molecular formula is C17H29N5O10. The number of carboxylic acids is 2. The van der Waals surface area contributed by atoms with Crippen molar-refractivity contribution in [1.29, 1.82) is 0 Å². The Bertz CT molecular complexity index is 727. The number of rotatable bonds is 14. The van der Waals surface area contributed by atoms with Crippen LogP contribution in [0.15, 0.2) is 0 Å². The molecular weight excluding hydrogens is 434 g/mol. The molecule has 15 nitrogen and oxygen atoms in total. The molecule has 15 heteroatoms. The van der Waals surface area contributed by atoms with E-state index in [1.807, 2.05) is 5.32 Å². The minimum Gasteiger partial charge on any atom is -0.481 e. The molecule has 6 unspecified atom stereocenters. The standard InChI is InChI=1S/C17H29N5O10/c1-6(23)12(21-14(28)8(18)5-11(26)27)16(30)20-9(3-4-10(19)25)15(29)22-13(7(2)24)17(31)32/h6-9,12-13,23-24H,3-5,18H2,1-2H3,(H2,19,25)(H,20,30)(H,21,28)(H,22,29)(H,26,27)(H,31,32). The topological polar surface area (TPSA) is 271 Å². The fourth-order valence-corrected chi connectivity index (χ4v) is 2.41. The molecule has 0 aliphatic carbocycles. The molecule has 0 fully saturated rings. The second-order valence-corrected chi connectivity index (χ2v) is 7.06. The van der Waals surface area contributed by atoms with Gasteiger partial charge >= 0.3 is 11.9 Å². The number of aliphatic carboxylic acids is 2. The van der Waals surface area contributed by atoms with Gasteiger partial charge in [-0.3, -0.25) is 24.0 Å². The summed E-state index contributed by atoms with van der Waals surface area (Å²) >= 11 is 0. The smallest absolute Gasteiger partial charge is 0.328 e. The molecule has 0 saturated heterocycles. The summed E-state index contributed by atoms with van der Waals surface area (Å²) < 4.78 is 0. The summed E-state index contributed by atoms with van der Waals surface area (Å²) in [6.07, 6.45) is -4.51. The van der Waals surface area contributed by atoms with Crippen LogP contribution in [0.4, 0.5) is 0 Å². The molecule has 4 amide bonds. The third-order valence-corrected chi connectivity index (χ3v) is 4.15. The molecule has 0 radical (unpaired) electrons. The average molecular weight is 463 g/mol. The molecule has 0 spiro atoms. The van der Waals surface area contributed by atoms with Crippen LogP contribution in [0.1, 0.15) is 33.1 Å². The molecule has 6 atom stereocenters. The SMILES string of the molecule is CC(O)C(NC(=O)C(CCC(N)=O)NC(=O)C(NC(=O)C(N)CC(=O)O)C(C)O)C(=O)O. The van der Waals surface area contributed by atoms with Gasteiger partial charge in [0.2, 0.25) is 23.6 Å². The second-order valence-electron chi connectivity index (χ2n) is 7.06. The van der Waals surface area contributed by atoms with Crippen molar-refractivity contribution in [2.75, 3.05) is 0 Å². The van der Waals surface area contributed by atoms with Gasteiger partial charge in [0.25, 0.3) is 0 Å². The highest BCUT2D eigenvalue weighted by Gasteiger charge is 2.33. The number of aliphatic hydroxyl groups is 2. The fourth-order valence-electron chi connectivity index (χ4n) is 2.41. The van der Waals surface area contributed by atoms with Crippen LogP contribution in [-0.4, -0.2) is 92.4 Å².